The Balaban J connectivity index is 2.11. The van der Waals surface area contributed by atoms with Gasteiger partial charge in [-0.05, 0) is 49.7 Å². The number of carbonyl (C=O) groups excluding carboxylic acids is 1. The zero-order valence-corrected chi connectivity index (χ0v) is 14.2. The van der Waals surface area contributed by atoms with Gasteiger partial charge in [0.1, 0.15) is 5.82 Å². The minimum Gasteiger partial charge on any atom is -0.346 e. The van der Waals surface area contributed by atoms with Crippen molar-refractivity contribution in [2.75, 3.05) is 10.5 Å². The van der Waals surface area contributed by atoms with E-state index < -0.39 is 10.0 Å². The molecule has 2 aromatic rings. The summed E-state index contributed by atoms with van der Waals surface area (Å²) in [6.45, 7) is 3.32. The van der Waals surface area contributed by atoms with Crippen LogP contribution in [0.2, 0.25) is 0 Å². The van der Waals surface area contributed by atoms with Crippen LogP contribution in [0.15, 0.2) is 48.5 Å². The summed E-state index contributed by atoms with van der Waals surface area (Å²) in [6.07, 6.45) is 0. The number of nitrogens with one attached hydrogen (secondary N) is 2. The first kappa shape index (κ1) is 17.9. The zero-order chi connectivity index (χ0) is 17.7. The molecule has 1 unspecified atom stereocenters. The van der Waals surface area contributed by atoms with Gasteiger partial charge in [-0.2, -0.15) is 0 Å². The molecule has 0 saturated heterocycles. The van der Waals surface area contributed by atoms with Crippen molar-refractivity contribution < 1.29 is 17.6 Å². The lowest BCUT2D eigenvalue weighted by Gasteiger charge is -2.15. The molecule has 2 N–H and O–H groups in total. The number of halogens is 1. The number of anilines is 1. The van der Waals surface area contributed by atoms with Crippen molar-refractivity contribution in [2.45, 2.75) is 19.9 Å². The van der Waals surface area contributed by atoms with E-state index in [0.717, 1.165) is 5.56 Å². The van der Waals surface area contributed by atoms with Crippen LogP contribution in [0.25, 0.3) is 0 Å². The van der Waals surface area contributed by atoms with E-state index in [9.17, 15) is 17.6 Å². The number of hydrogen-bond acceptors (Lipinski definition) is 3. The first-order valence-corrected chi connectivity index (χ1v) is 9.13. The number of benzene rings is 2. The van der Waals surface area contributed by atoms with Gasteiger partial charge in [0.25, 0.3) is 5.91 Å². The Morgan fingerprint density at radius 2 is 1.83 bits per heavy atom. The zero-order valence-electron chi connectivity index (χ0n) is 13.4. The minimum absolute atomic E-state index is 0.0506. The van der Waals surface area contributed by atoms with E-state index in [2.05, 4.69) is 10.0 Å². The van der Waals surface area contributed by atoms with Gasteiger partial charge in [0.15, 0.2) is 0 Å². The number of sulfonamides is 1. The molecule has 0 radical (unpaired) electrons. The van der Waals surface area contributed by atoms with E-state index in [1.165, 1.54) is 25.1 Å². The monoisotopic (exact) mass is 350 g/mol. The topological polar surface area (TPSA) is 75.3 Å². The average Bonchev–Trinajstić information content (AvgIpc) is 2.55. The first-order valence-electron chi connectivity index (χ1n) is 7.47. The molecule has 5 nitrogen and oxygen atoms in total. The van der Waals surface area contributed by atoms with Gasteiger partial charge < -0.3 is 5.32 Å². The highest BCUT2D eigenvalue weighted by Crippen LogP contribution is 2.16. The van der Waals surface area contributed by atoms with E-state index in [-0.39, 0.29) is 23.5 Å². The van der Waals surface area contributed by atoms with Crippen molar-refractivity contribution in [3.05, 3.63) is 65.5 Å². The summed E-state index contributed by atoms with van der Waals surface area (Å²) in [5.41, 5.74) is 1.44. The van der Waals surface area contributed by atoms with Crippen LogP contribution in [-0.4, -0.2) is 20.1 Å². The molecule has 24 heavy (non-hydrogen) atoms. The predicted molar refractivity (Wildman–Crippen MR) is 91.8 cm³/mol. The van der Waals surface area contributed by atoms with E-state index >= 15 is 0 Å². The summed E-state index contributed by atoms with van der Waals surface area (Å²) in [4.78, 5) is 12.3. The summed E-state index contributed by atoms with van der Waals surface area (Å²) in [6, 6.07) is 11.8. The van der Waals surface area contributed by atoms with Gasteiger partial charge in [0, 0.05) is 11.3 Å². The van der Waals surface area contributed by atoms with Crippen LogP contribution < -0.4 is 10.0 Å². The quantitative estimate of drug-likeness (QED) is 0.841. The number of rotatable bonds is 6. The highest BCUT2D eigenvalue weighted by molar-refractivity contribution is 7.92. The Kier molecular flexibility index (Phi) is 5.56. The molecular weight excluding hydrogens is 331 g/mol. The smallest absolute Gasteiger partial charge is 0.251 e. The maximum absolute atomic E-state index is 12.9. The SMILES string of the molecule is CCS(=O)(=O)Nc1cccc(C(=O)NC(C)c2ccc(F)cc2)c1. The van der Waals surface area contributed by atoms with Crippen molar-refractivity contribution in [3.8, 4) is 0 Å². The average molecular weight is 350 g/mol. The predicted octanol–water partition coefficient (Wildman–Crippen LogP) is 3.08. The van der Waals surface area contributed by atoms with Crippen molar-refractivity contribution in [1.29, 1.82) is 0 Å². The number of amides is 1. The first-order chi connectivity index (χ1) is 11.3. The fourth-order valence-electron chi connectivity index (χ4n) is 2.09. The minimum atomic E-state index is -3.40. The Morgan fingerprint density at radius 1 is 1.17 bits per heavy atom. The van der Waals surface area contributed by atoms with Crippen LogP contribution in [0, 0.1) is 5.82 Å². The molecule has 2 rings (SSSR count). The standard InChI is InChI=1S/C17H19FN2O3S/c1-3-24(22,23)20-16-6-4-5-14(11-16)17(21)19-12(2)13-7-9-15(18)10-8-13/h4-12,20H,3H2,1-2H3,(H,19,21). The highest BCUT2D eigenvalue weighted by atomic mass is 32.2. The molecule has 0 fully saturated rings. The van der Waals surface area contributed by atoms with Gasteiger partial charge in [-0.15, -0.1) is 0 Å². The molecule has 0 saturated carbocycles. The molecule has 2 aromatic carbocycles. The molecule has 128 valence electrons. The lowest BCUT2D eigenvalue weighted by atomic mass is 10.1. The Labute approximate surface area is 141 Å². The molecule has 0 bridgehead atoms. The van der Waals surface area contributed by atoms with Crippen molar-refractivity contribution in [3.63, 3.8) is 0 Å². The number of carbonyl (C=O) groups is 1. The third-order valence-corrected chi connectivity index (χ3v) is 4.80. The number of hydrogen-bond donors (Lipinski definition) is 2. The second kappa shape index (κ2) is 7.44. The Hall–Kier alpha value is -2.41. The third kappa shape index (κ3) is 4.79. The summed E-state index contributed by atoms with van der Waals surface area (Å²) < 4.78 is 38.5. The van der Waals surface area contributed by atoms with E-state index in [0.29, 0.717) is 11.3 Å². The summed E-state index contributed by atoms with van der Waals surface area (Å²) in [5.74, 6) is -0.733. The molecule has 0 spiro atoms. The van der Waals surface area contributed by atoms with Gasteiger partial charge in [-0.25, -0.2) is 12.8 Å². The van der Waals surface area contributed by atoms with Crippen molar-refractivity contribution >= 4 is 21.6 Å². The fraction of sp³-hybridized carbons (Fsp3) is 0.235. The molecule has 0 heterocycles. The van der Waals surface area contributed by atoms with E-state index in [1.54, 1.807) is 37.3 Å². The van der Waals surface area contributed by atoms with Crippen LogP contribution in [0.3, 0.4) is 0 Å². The lowest BCUT2D eigenvalue weighted by molar-refractivity contribution is 0.0940. The van der Waals surface area contributed by atoms with Crippen molar-refractivity contribution in [2.24, 2.45) is 0 Å². The second-order valence-electron chi connectivity index (χ2n) is 5.33. The molecule has 0 aliphatic carbocycles. The summed E-state index contributed by atoms with van der Waals surface area (Å²) in [7, 11) is -3.40. The van der Waals surface area contributed by atoms with Crippen LogP contribution in [0.5, 0.6) is 0 Å². The van der Waals surface area contributed by atoms with Gasteiger partial charge in [0.05, 0.1) is 11.8 Å². The summed E-state index contributed by atoms with van der Waals surface area (Å²) in [5, 5.41) is 2.80. The van der Waals surface area contributed by atoms with E-state index in [4.69, 9.17) is 0 Å². The molecule has 0 aliphatic heterocycles. The third-order valence-electron chi connectivity index (χ3n) is 3.50. The van der Waals surface area contributed by atoms with Gasteiger partial charge in [-0.1, -0.05) is 18.2 Å². The summed E-state index contributed by atoms with van der Waals surface area (Å²) >= 11 is 0. The molecule has 0 aromatic heterocycles. The molecule has 7 heteroatoms. The lowest BCUT2D eigenvalue weighted by Crippen LogP contribution is -2.26. The molecule has 0 aliphatic rings. The maximum atomic E-state index is 12.9. The van der Waals surface area contributed by atoms with Crippen LogP contribution in [0.4, 0.5) is 10.1 Å². The maximum Gasteiger partial charge on any atom is 0.251 e. The van der Waals surface area contributed by atoms with Crippen LogP contribution in [0.1, 0.15) is 35.8 Å². The highest BCUT2D eigenvalue weighted by Gasteiger charge is 2.13. The molecular formula is C17H19FN2O3S. The van der Waals surface area contributed by atoms with Gasteiger partial charge in [-0.3, -0.25) is 9.52 Å². The van der Waals surface area contributed by atoms with Crippen LogP contribution >= 0.6 is 0 Å². The Morgan fingerprint density at radius 3 is 2.46 bits per heavy atom. The van der Waals surface area contributed by atoms with Gasteiger partial charge >= 0.3 is 0 Å². The van der Waals surface area contributed by atoms with E-state index in [1.807, 2.05) is 0 Å². The fourth-order valence-corrected chi connectivity index (χ4v) is 2.72. The normalized spacial score (nSPS) is 12.5. The van der Waals surface area contributed by atoms with Gasteiger partial charge in [0.2, 0.25) is 10.0 Å². The van der Waals surface area contributed by atoms with Crippen molar-refractivity contribution in [1.82, 2.24) is 5.32 Å². The Bertz CT molecular complexity index is 820. The molecule has 1 amide bonds. The van der Waals surface area contributed by atoms with Crippen LogP contribution in [-0.2, 0) is 10.0 Å². The molecule has 1 atom stereocenters. The largest absolute Gasteiger partial charge is 0.346 e. The second-order valence-corrected chi connectivity index (χ2v) is 7.34.